The SMILES string of the molecule is Cc1cc(Br)ccc1NC(=O)CN(C)C(=O)Cc1ccccc1Cl. The second kappa shape index (κ2) is 8.31. The quantitative estimate of drug-likeness (QED) is 0.810. The van der Waals surface area contributed by atoms with Crippen molar-refractivity contribution >= 4 is 45.0 Å². The smallest absolute Gasteiger partial charge is 0.243 e. The zero-order valence-corrected chi connectivity index (χ0v) is 15.8. The fourth-order valence-electron chi connectivity index (χ4n) is 2.20. The second-order valence-electron chi connectivity index (χ2n) is 5.53. The molecule has 0 saturated carbocycles. The summed E-state index contributed by atoms with van der Waals surface area (Å²) in [5.74, 6) is -0.402. The largest absolute Gasteiger partial charge is 0.336 e. The maximum Gasteiger partial charge on any atom is 0.243 e. The van der Waals surface area contributed by atoms with Gasteiger partial charge in [0.25, 0.3) is 0 Å². The van der Waals surface area contributed by atoms with Gasteiger partial charge in [-0.25, -0.2) is 0 Å². The molecule has 0 aliphatic heterocycles. The van der Waals surface area contributed by atoms with Gasteiger partial charge < -0.3 is 10.2 Å². The van der Waals surface area contributed by atoms with Gasteiger partial charge in [-0.2, -0.15) is 0 Å². The lowest BCUT2D eigenvalue weighted by atomic mass is 10.1. The molecule has 24 heavy (non-hydrogen) atoms. The molecular formula is C18H18BrClN2O2. The molecule has 0 aliphatic rings. The summed E-state index contributed by atoms with van der Waals surface area (Å²) in [6, 6.07) is 12.8. The molecule has 1 N–H and O–H groups in total. The first-order valence-electron chi connectivity index (χ1n) is 7.40. The Bertz CT molecular complexity index is 764. The van der Waals surface area contributed by atoms with Crippen molar-refractivity contribution < 1.29 is 9.59 Å². The van der Waals surface area contributed by atoms with E-state index in [0.29, 0.717) is 5.02 Å². The summed E-state index contributed by atoms with van der Waals surface area (Å²) in [5, 5.41) is 3.37. The molecule has 6 heteroatoms. The predicted octanol–water partition coefficient (Wildman–Crippen LogP) is 4.05. The number of hydrogen-bond acceptors (Lipinski definition) is 2. The molecule has 0 aliphatic carbocycles. The molecule has 2 aromatic rings. The third-order valence-corrected chi connectivity index (χ3v) is 4.43. The van der Waals surface area contributed by atoms with Gasteiger partial charge in [0.2, 0.25) is 11.8 Å². The number of benzene rings is 2. The van der Waals surface area contributed by atoms with Crippen molar-refractivity contribution in [2.45, 2.75) is 13.3 Å². The van der Waals surface area contributed by atoms with Gasteiger partial charge in [-0.3, -0.25) is 9.59 Å². The first-order valence-corrected chi connectivity index (χ1v) is 8.57. The van der Waals surface area contributed by atoms with E-state index in [1.165, 1.54) is 4.90 Å². The molecule has 0 unspecified atom stereocenters. The molecule has 0 aromatic heterocycles. The Balaban J connectivity index is 1.93. The average Bonchev–Trinajstić information content (AvgIpc) is 2.52. The van der Waals surface area contributed by atoms with Crippen LogP contribution in [-0.4, -0.2) is 30.3 Å². The molecule has 2 rings (SSSR count). The van der Waals surface area contributed by atoms with Crippen LogP contribution in [0.3, 0.4) is 0 Å². The Hall–Kier alpha value is -1.85. The number of carbonyl (C=O) groups excluding carboxylic acids is 2. The van der Waals surface area contributed by atoms with Crippen LogP contribution in [0, 0.1) is 6.92 Å². The summed E-state index contributed by atoms with van der Waals surface area (Å²) >= 11 is 9.45. The summed E-state index contributed by atoms with van der Waals surface area (Å²) in [6.45, 7) is 1.89. The number of nitrogens with zero attached hydrogens (tertiary/aromatic N) is 1. The standard InChI is InChI=1S/C18H18BrClN2O2/c1-12-9-14(19)7-8-16(12)21-17(23)11-22(2)18(24)10-13-5-3-4-6-15(13)20/h3-9H,10-11H2,1-2H3,(H,21,23). The van der Waals surface area contributed by atoms with E-state index in [-0.39, 0.29) is 24.8 Å². The van der Waals surface area contributed by atoms with Crippen LogP contribution in [-0.2, 0) is 16.0 Å². The summed E-state index contributed by atoms with van der Waals surface area (Å²) < 4.78 is 0.949. The van der Waals surface area contributed by atoms with Crippen molar-refractivity contribution in [3.05, 3.63) is 63.1 Å². The lowest BCUT2D eigenvalue weighted by Gasteiger charge is -2.18. The molecule has 0 radical (unpaired) electrons. The normalized spacial score (nSPS) is 10.3. The van der Waals surface area contributed by atoms with E-state index in [0.717, 1.165) is 21.3 Å². The third-order valence-electron chi connectivity index (χ3n) is 3.57. The molecule has 2 aromatic carbocycles. The van der Waals surface area contributed by atoms with E-state index < -0.39 is 0 Å². The van der Waals surface area contributed by atoms with Crippen LogP contribution < -0.4 is 5.32 Å². The van der Waals surface area contributed by atoms with Crippen molar-refractivity contribution in [3.63, 3.8) is 0 Å². The molecule has 0 heterocycles. The van der Waals surface area contributed by atoms with Crippen LogP contribution >= 0.6 is 27.5 Å². The Morgan fingerprint density at radius 3 is 2.58 bits per heavy atom. The van der Waals surface area contributed by atoms with Crippen molar-refractivity contribution in [1.82, 2.24) is 4.90 Å². The molecule has 0 bridgehead atoms. The predicted molar refractivity (Wildman–Crippen MR) is 100 cm³/mol. The highest BCUT2D eigenvalue weighted by atomic mass is 79.9. The average molecular weight is 410 g/mol. The molecule has 0 fully saturated rings. The highest BCUT2D eigenvalue weighted by molar-refractivity contribution is 9.10. The molecule has 126 valence electrons. The molecule has 0 atom stereocenters. The Kier molecular flexibility index (Phi) is 6.40. The lowest BCUT2D eigenvalue weighted by molar-refractivity contribution is -0.132. The van der Waals surface area contributed by atoms with Gasteiger partial charge >= 0.3 is 0 Å². The van der Waals surface area contributed by atoms with E-state index in [4.69, 9.17) is 11.6 Å². The van der Waals surface area contributed by atoms with Crippen LogP contribution in [0.15, 0.2) is 46.9 Å². The number of hydrogen-bond donors (Lipinski definition) is 1. The monoisotopic (exact) mass is 408 g/mol. The topological polar surface area (TPSA) is 49.4 Å². The molecule has 4 nitrogen and oxygen atoms in total. The summed E-state index contributed by atoms with van der Waals surface area (Å²) in [7, 11) is 1.60. The number of anilines is 1. The molecule has 0 spiro atoms. The van der Waals surface area contributed by atoms with Crippen molar-refractivity contribution in [1.29, 1.82) is 0 Å². The van der Waals surface area contributed by atoms with Crippen LogP contribution in [0.25, 0.3) is 0 Å². The van der Waals surface area contributed by atoms with E-state index in [9.17, 15) is 9.59 Å². The summed E-state index contributed by atoms with van der Waals surface area (Å²) in [4.78, 5) is 25.8. The van der Waals surface area contributed by atoms with Gasteiger partial charge in [0.05, 0.1) is 13.0 Å². The number of rotatable bonds is 5. The van der Waals surface area contributed by atoms with Crippen LogP contribution in [0.1, 0.15) is 11.1 Å². The molecular weight excluding hydrogens is 392 g/mol. The van der Waals surface area contributed by atoms with Crippen LogP contribution in [0.4, 0.5) is 5.69 Å². The minimum Gasteiger partial charge on any atom is -0.336 e. The number of carbonyl (C=O) groups is 2. The minimum absolute atomic E-state index is 0.0151. The van der Waals surface area contributed by atoms with E-state index in [2.05, 4.69) is 21.2 Å². The number of likely N-dealkylation sites (N-methyl/N-ethyl adjacent to an activating group) is 1. The van der Waals surface area contributed by atoms with Gasteiger partial charge in [-0.15, -0.1) is 0 Å². The zero-order valence-electron chi connectivity index (χ0n) is 13.5. The Morgan fingerprint density at radius 1 is 1.21 bits per heavy atom. The van der Waals surface area contributed by atoms with Gasteiger partial charge in [0.1, 0.15) is 0 Å². The lowest BCUT2D eigenvalue weighted by Crippen LogP contribution is -2.36. The fourth-order valence-corrected chi connectivity index (χ4v) is 2.88. The Labute approximate surface area is 154 Å². The van der Waals surface area contributed by atoms with Gasteiger partial charge in [0.15, 0.2) is 0 Å². The molecule has 2 amide bonds. The van der Waals surface area contributed by atoms with E-state index >= 15 is 0 Å². The number of halogens is 2. The van der Waals surface area contributed by atoms with Gasteiger partial charge in [-0.05, 0) is 42.3 Å². The number of amides is 2. The van der Waals surface area contributed by atoms with Gasteiger partial charge in [-0.1, -0.05) is 45.7 Å². The highest BCUT2D eigenvalue weighted by Gasteiger charge is 2.15. The number of nitrogens with one attached hydrogen (secondary N) is 1. The van der Waals surface area contributed by atoms with Crippen molar-refractivity contribution in [2.24, 2.45) is 0 Å². The highest BCUT2D eigenvalue weighted by Crippen LogP contribution is 2.20. The second-order valence-corrected chi connectivity index (χ2v) is 6.85. The van der Waals surface area contributed by atoms with Crippen LogP contribution in [0.2, 0.25) is 5.02 Å². The summed E-state index contributed by atoms with van der Waals surface area (Å²) in [6.07, 6.45) is 0.167. The van der Waals surface area contributed by atoms with Crippen LogP contribution in [0.5, 0.6) is 0 Å². The first-order chi connectivity index (χ1) is 11.4. The minimum atomic E-state index is -0.240. The maximum absolute atomic E-state index is 12.2. The first kappa shape index (κ1) is 18.5. The van der Waals surface area contributed by atoms with Crippen molar-refractivity contribution in [3.8, 4) is 0 Å². The Morgan fingerprint density at radius 2 is 1.92 bits per heavy atom. The van der Waals surface area contributed by atoms with Gasteiger partial charge in [0, 0.05) is 22.2 Å². The number of aryl methyl sites for hydroxylation is 1. The fraction of sp³-hybridized carbons (Fsp3) is 0.222. The third kappa shape index (κ3) is 5.08. The van der Waals surface area contributed by atoms with E-state index in [1.807, 2.05) is 37.3 Å². The van der Waals surface area contributed by atoms with E-state index in [1.54, 1.807) is 19.2 Å². The van der Waals surface area contributed by atoms with Crippen molar-refractivity contribution in [2.75, 3.05) is 18.9 Å². The summed E-state index contributed by atoms with van der Waals surface area (Å²) in [5.41, 5.74) is 2.43. The molecule has 0 saturated heterocycles. The zero-order chi connectivity index (χ0) is 17.7. The maximum atomic E-state index is 12.2.